The quantitative estimate of drug-likeness (QED) is 0.877. The average molecular weight is 271 g/mol. The van der Waals surface area contributed by atoms with Gasteiger partial charge in [0.15, 0.2) is 0 Å². The molecule has 0 aliphatic heterocycles. The van der Waals surface area contributed by atoms with Crippen LogP contribution in [0.2, 0.25) is 0 Å². The van der Waals surface area contributed by atoms with Crippen molar-refractivity contribution in [2.45, 2.75) is 25.8 Å². The number of fused-ring (bicyclic) bond motifs is 1. The first kappa shape index (κ1) is 14.1. The van der Waals surface area contributed by atoms with Gasteiger partial charge in [-0.1, -0.05) is 49.4 Å². The van der Waals surface area contributed by atoms with Gasteiger partial charge in [0.05, 0.1) is 6.42 Å². The van der Waals surface area contributed by atoms with E-state index >= 15 is 0 Å². The summed E-state index contributed by atoms with van der Waals surface area (Å²) in [6.45, 7) is 1.73. The molecule has 2 N–H and O–H groups in total. The molecule has 0 radical (unpaired) electrons. The molecular weight excluding hydrogens is 254 g/mol. The third-order valence-corrected chi connectivity index (χ3v) is 3.27. The fraction of sp³-hybridized carbons (Fsp3) is 0.250. The van der Waals surface area contributed by atoms with E-state index in [0.29, 0.717) is 6.42 Å². The van der Waals surface area contributed by atoms with Crippen LogP contribution in [0.25, 0.3) is 10.8 Å². The second-order valence-corrected chi connectivity index (χ2v) is 4.68. The lowest BCUT2D eigenvalue weighted by Gasteiger charge is -2.13. The van der Waals surface area contributed by atoms with Crippen molar-refractivity contribution in [1.82, 2.24) is 5.32 Å². The van der Waals surface area contributed by atoms with Gasteiger partial charge in [-0.3, -0.25) is 4.79 Å². The van der Waals surface area contributed by atoms with Gasteiger partial charge in [0, 0.05) is 0 Å². The van der Waals surface area contributed by atoms with Crippen molar-refractivity contribution in [2.24, 2.45) is 0 Å². The van der Waals surface area contributed by atoms with Gasteiger partial charge in [0.2, 0.25) is 5.91 Å². The molecule has 20 heavy (non-hydrogen) atoms. The van der Waals surface area contributed by atoms with E-state index in [1.165, 1.54) is 0 Å². The maximum absolute atomic E-state index is 12.0. The SMILES string of the molecule is CC[C@@H](NC(=O)Cc1cccc2ccccc12)C(=O)O. The van der Waals surface area contributed by atoms with Crippen LogP contribution in [0.4, 0.5) is 0 Å². The first-order chi connectivity index (χ1) is 9.61. The molecule has 0 aliphatic carbocycles. The molecule has 0 unspecified atom stereocenters. The highest BCUT2D eigenvalue weighted by Crippen LogP contribution is 2.18. The van der Waals surface area contributed by atoms with Crippen LogP contribution in [-0.2, 0) is 16.0 Å². The summed E-state index contributed by atoms with van der Waals surface area (Å²) in [6.07, 6.45) is 0.557. The van der Waals surface area contributed by atoms with Crippen molar-refractivity contribution in [3.8, 4) is 0 Å². The monoisotopic (exact) mass is 271 g/mol. The Labute approximate surface area is 117 Å². The number of carboxylic acid groups (broad SMARTS) is 1. The Morgan fingerprint density at radius 2 is 1.85 bits per heavy atom. The lowest BCUT2D eigenvalue weighted by Crippen LogP contribution is -2.40. The number of hydrogen-bond acceptors (Lipinski definition) is 2. The van der Waals surface area contributed by atoms with Crippen LogP contribution in [-0.4, -0.2) is 23.0 Å². The van der Waals surface area contributed by atoms with E-state index in [-0.39, 0.29) is 12.3 Å². The summed E-state index contributed by atoms with van der Waals surface area (Å²) in [5.41, 5.74) is 0.904. The highest BCUT2D eigenvalue weighted by molar-refractivity contribution is 5.91. The number of amides is 1. The van der Waals surface area contributed by atoms with Crippen LogP contribution in [0.15, 0.2) is 42.5 Å². The van der Waals surface area contributed by atoms with Gasteiger partial charge in [0.1, 0.15) is 6.04 Å². The number of nitrogens with one attached hydrogen (secondary N) is 1. The lowest BCUT2D eigenvalue weighted by molar-refractivity contribution is -0.141. The second-order valence-electron chi connectivity index (χ2n) is 4.68. The van der Waals surface area contributed by atoms with Crippen molar-refractivity contribution in [1.29, 1.82) is 0 Å². The number of aliphatic carboxylic acids is 1. The van der Waals surface area contributed by atoms with Crippen molar-refractivity contribution in [3.63, 3.8) is 0 Å². The van der Waals surface area contributed by atoms with Gasteiger partial charge >= 0.3 is 5.97 Å². The molecule has 1 atom stereocenters. The van der Waals surface area contributed by atoms with Gasteiger partial charge < -0.3 is 10.4 Å². The molecule has 0 saturated heterocycles. The van der Waals surface area contributed by atoms with E-state index < -0.39 is 12.0 Å². The van der Waals surface area contributed by atoms with Crippen LogP contribution in [0.3, 0.4) is 0 Å². The molecule has 4 heteroatoms. The third-order valence-electron chi connectivity index (χ3n) is 3.27. The lowest BCUT2D eigenvalue weighted by atomic mass is 10.0. The first-order valence-electron chi connectivity index (χ1n) is 6.60. The number of hydrogen-bond donors (Lipinski definition) is 2. The molecule has 2 aromatic rings. The van der Waals surface area contributed by atoms with Crippen LogP contribution in [0.1, 0.15) is 18.9 Å². The van der Waals surface area contributed by atoms with Crippen LogP contribution >= 0.6 is 0 Å². The third kappa shape index (κ3) is 3.15. The topological polar surface area (TPSA) is 66.4 Å². The molecule has 0 bridgehead atoms. The smallest absolute Gasteiger partial charge is 0.326 e. The first-order valence-corrected chi connectivity index (χ1v) is 6.60. The normalized spacial score (nSPS) is 12.1. The fourth-order valence-electron chi connectivity index (χ4n) is 2.20. The summed E-state index contributed by atoms with van der Waals surface area (Å²) in [4.78, 5) is 22.9. The molecule has 0 heterocycles. The van der Waals surface area contributed by atoms with E-state index in [9.17, 15) is 9.59 Å². The van der Waals surface area contributed by atoms with Gasteiger partial charge in [-0.15, -0.1) is 0 Å². The highest BCUT2D eigenvalue weighted by Gasteiger charge is 2.17. The molecule has 1 amide bonds. The van der Waals surface area contributed by atoms with Gasteiger partial charge in [-0.25, -0.2) is 4.79 Å². The standard InChI is InChI=1S/C16H17NO3/c1-2-14(16(19)20)17-15(18)10-12-8-5-7-11-6-3-4-9-13(11)12/h3-9,14H,2,10H2,1H3,(H,17,18)(H,19,20)/t14-/m1/s1. The molecule has 0 spiro atoms. The predicted molar refractivity (Wildman–Crippen MR) is 77.5 cm³/mol. The zero-order valence-electron chi connectivity index (χ0n) is 11.3. The largest absolute Gasteiger partial charge is 0.480 e. The molecule has 2 rings (SSSR count). The van der Waals surface area contributed by atoms with Crippen molar-refractivity contribution >= 4 is 22.6 Å². The maximum Gasteiger partial charge on any atom is 0.326 e. The van der Waals surface area contributed by atoms with Crippen LogP contribution in [0, 0.1) is 0 Å². The summed E-state index contributed by atoms with van der Waals surface area (Å²) < 4.78 is 0. The van der Waals surface area contributed by atoms with Gasteiger partial charge in [-0.2, -0.15) is 0 Å². The Morgan fingerprint density at radius 3 is 2.55 bits per heavy atom. The van der Waals surface area contributed by atoms with E-state index in [2.05, 4.69) is 5.32 Å². The zero-order valence-corrected chi connectivity index (χ0v) is 11.3. The molecule has 0 fully saturated rings. The van der Waals surface area contributed by atoms with Crippen molar-refractivity contribution in [3.05, 3.63) is 48.0 Å². The van der Waals surface area contributed by atoms with E-state index in [4.69, 9.17) is 5.11 Å². The summed E-state index contributed by atoms with van der Waals surface area (Å²) in [5.74, 6) is -1.27. The molecule has 0 aliphatic rings. The maximum atomic E-state index is 12.0. The Morgan fingerprint density at radius 1 is 1.15 bits per heavy atom. The Bertz CT molecular complexity index is 631. The van der Waals surface area contributed by atoms with Gasteiger partial charge in [-0.05, 0) is 22.8 Å². The molecule has 0 aromatic heterocycles. The molecule has 0 saturated carbocycles. The van der Waals surface area contributed by atoms with Gasteiger partial charge in [0.25, 0.3) is 0 Å². The highest BCUT2D eigenvalue weighted by atomic mass is 16.4. The summed E-state index contributed by atoms with van der Waals surface area (Å²) in [7, 11) is 0. The molecule has 2 aromatic carbocycles. The number of carbonyl (C=O) groups excluding carboxylic acids is 1. The number of rotatable bonds is 5. The number of carbonyl (C=O) groups is 2. The fourth-order valence-corrected chi connectivity index (χ4v) is 2.20. The molecule has 4 nitrogen and oxygen atoms in total. The summed E-state index contributed by atoms with van der Waals surface area (Å²) >= 11 is 0. The van der Waals surface area contributed by atoms with E-state index in [0.717, 1.165) is 16.3 Å². The Kier molecular flexibility index (Phi) is 4.35. The molecular formula is C16H17NO3. The summed E-state index contributed by atoms with van der Waals surface area (Å²) in [6, 6.07) is 12.8. The minimum atomic E-state index is -1.00. The number of benzene rings is 2. The van der Waals surface area contributed by atoms with Crippen LogP contribution < -0.4 is 5.32 Å². The Hall–Kier alpha value is -2.36. The zero-order chi connectivity index (χ0) is 14.5. The number of carboxylic acids is 1. The Balaban J connectivity index is 2.16. The van der Waals surface area contributed by atoms with E-state index in [1.807, 2.05) is 42.5 Å². The minimum absolute atomic E-state index is 0.186. The van der Waals surface area contributed by atoms with E-state index in [1.54, 1.807) is 6.92 Å². The molecule has 104 valence electrons. The summed E-state index contributed by atoms with van der Waals surface area (Å²) in [5, 5.41) is 13.6. The second kappa shape index (κ2) is 6.19. The average Bonchev–Trinajstić information content (AvgIpc) is 2.45. The van der Waals surface area contributed by atoms with Crippen molar-refractivity contribution in [2.75, 3.05) is 0 Å². The van der Waals surface area contributed by atoms with Crippen LogP contribution in [0.5, 0.6) is 0 Å². The predicted octanol–water partition coefficient (Wildman–Crippen LogP) is 2.36. The van der Waals surface area contributed by atoms with Crippen molar-refractivity contribution < 1.29 is 14.7 Å². The minimum Gasteiger partial charge on any atom is -0.480 e.